The third kappa shape index (κ3) is 4.75. The van der Waals surface area contributed by atoms with E-state index in [9.17, 15) is 5.11 Å². The van der Waals surface area contributed by atoms with Crippen LogP contribution in [0.3, 0.4) is 0 Å². The topological polar surface area (TPSA) is 93.4 Å². The van der Waals surface area contributed by atoms with Gasteiger partial charge in [0.25, 0.3) is 0 Å². The third-order valence-electron chi connectivity index (χ3n) is 6.13. The number of ether oxygens (including phenoxy) is 3. The van der Waals surface area contributed by atoms with Crippen molar-refractivity contribution in [3.8, 4) is 22.8 Å². The predicted molar refractivity (Wildman–Crippen MR) is 125 cm³/mol. The first kappa shape index (κ1) is 21.9. The Hall–Kier alpha value is -2.88. The van der Waals surface area contributed by atoms with E-state index in [0.717, 1.165) is 35.8 Å². The first-order chi connectivity index (χ1) is 16.2. The molecule has 1 aliphatic carbocycles. The minimum absolute atomic E-state index is 0.186. The van der Waals surface area contributed by atoms with Crippen LogP contribution >= 0.6 is 0 Å². The molecule has 1 atom stereocenters. The SMILES string of the molecule is CNCC(O)COc1cc(OC)cc(-c2cc(N3CCOCC3)nc3c(C4CC4)cnn23)c1. The van der Waals surface area contributed by atoms with Gasteiger partial charge in [-0.1, -0.05) is 0 Å². The average Bonchev–Trinajstić information content (AvgIpc) is 3.61. The van der Waals surface area contributed by atoms with E-state index in [1.807, 2.05) is 28.9 Å². The lowest BCUT2D eigenvalue weighted by molar-refractivity contribution is 0.108. The first-order valence-corrected chi connectivity index (χ1v) is 11.5. The van der Waals surface area contributed by atoms with E-state index in [1.165, 1.54) is 18.4 Å². The summed E-state index contributed by atoms with van der Waals surface area (Å²) in [5.74, 6) is 2.78. The lowest BCUT2D eigenvalue weighted by atomic mass is 10.1. The van der Waals surface area contributed by atoms with Gasteiger partial charge in [0.2, 0.25) is 0 Å². The smallest absolute Gasteiger partial charge is 0.161 e. The van der Waals surface area contributed by atoms with Crippen molar-refractivity contribution in [2.75, 3.05) is 58.5 Å². The number of rotatable bonds is 9. The molecule has 1 aliphatic heterocycles. The summed E-state index contributed by atoms with van der Waals surface area (Å²) >= 11 is 0. The number of nitrogens with one attached hydrogen (secondary N) is 1. The molecule has 3 heterocycles. The molecule has 3 aromatic rings. The summed E-state index contributed by atoms with van der Waals surface area (Å²) < 4.78 is 18.9. The van der Waals surface area contributed by atoms with Gasteiger partial charge in [0, 0.05) is 42.9 Å². The van der Waals surface area contributed by atoms with Crippen LogP contribution in [0.2, 0.25) is 0 Å². The zero-order chi connectivity index (χ0) is 22.8. The Labute approximate surface area is 193 Å². The standard InChI is InChI=1S/C24H31N5O4/c1-25-13-18(30)15-33-20-10-17(9-19(11-20)31-2)22-12-23(28-5-7-32-8-6-28)27-24-21(16-3-4-16)14-26-29(22)24/h9-12,14,16,18,25,30H,3-8,13,15H2,1-2H3. The van der Waals surface area contributed by atoms with Crippen LogP contribution in [0.25, 0.3) is 16.9 Å². The zero-order valence-electron chi connectivity index (χ0n) is 19.2. The van der Waals surface area contributed by atoms with Crippen molar-refractivity contribution >= 4 is 11.5 Å². The number of methoxy groups -OCH3 is 1. The van der Waals surface area contributed by atoms with Crippen LogP contribution in [0.1, 0.15) is 24.3 Å². The van der Waals surface area contributed by atoms with Gasteiger partial charge in [-0.3, -0.25) is 0 Å². The Morgan fingerprint density at radius 2 is 1.97 bits per heavy atom. The van der Waals surface area contributed by atoms with E-state index >= 15 is 0 Å². The molecule has 0 amide bonds. The number of aliphatic hydroxyl groups is 1. The number of likely N-dealkylation sites (N-methyl/N-ethyl adjacent to an activating group) is 1. The lowest BCUT2D eigenvalue weighted by Crippen LogP contribution is -2.36. The molecule has 2 N–H and O–H groups in total. The van der Waals surface area contributed by atoms with Crippen LogP contribution in [0, 0.1) is 0 Å². The molecule has 2 aliphatic rings. The van der Waals surface area contributed by atoms with Crippen LogP contribution in [0.15, 0.2) is 30.5 Å². The minimum atomic E-state index is -0.600. The number of aromatic nitrogens is 3. The summed E-state index contributed by atoms with van der Waals surface area (Å²) in [5, 5.41) is 17.7. The number of benzene rings is 1. The van der Waals surface area contributed by atoms with E-state index in [1.54, 1.807) is 14.2 Å². The molecule has 1 aromatic carbocycles. The zero-order valence-corrected chi connectivity index (χ0v) is 19.2. The summed E-state index contributed by atoms with van der Waals surface area (Å²) in [7, 11) is 3.44. The van der Waals surface area contributed by atoms with Crippen molar-refractivity contribution in [3.05, 3.63) is 36.0 Å². The number of anilines is 1. The fourth-order valence-corrected chi connectivity index (χ4v) is 4.22. The molecule has 2 fully saturated rings. The Morgan fingerprint density at radius 3 is 2.70 bits per heavy atom. The predicted octanol–water partition coefficient (Wildman–Crippen LogP) is 2.08. The van der Waals surface area contributed by atoms with Crippen LogP contribution in [-0.2, 0) is 4.74 Å². The van der Waals surface area contributed by atoms with Crippen LogP contribution in [-0.4, -0.2) is 79.4 Å². The monoisotopic (exact) mass is 453 g/mol. The van der Waals surface area contributed by atoms with Gasteiger partial charge < -0.3 is 29.5 Å². The van der Waals surface area contributed by atoms with E-state index in [4.69, 9.17) is 24.3 Å². The quantitative estimate of drug-likeness (QED) is 0.509. The summed E-state index contributed by atoms with van der Waals surface area (Å²) in [5.41, 5.74) is 3.96. The lowest BCUT2D eigenvalue weighted by Gasteiger charge is -2.28. The fourth-order valence-electron chi connectivity index (χ4n) is 4.22. The van der Waals surface area contributed by atoms with Gasteiger partial charge in [0.15, 0.2) is 5.65 Å². The molecule has 0 bridgehead atoms. The summed E-state index contributed by atoms with van der Waals surface area (Å²) in [6.07, 6.45) is 3.73. The highest BCUT2D eigenvalue weighted by Gasteiger charge is 2.29. The van der Waals surface area contributed by atoms with Crippen molar-refractivity contribution in [1.29, 1.82) is 0 Å². The number of morpholine rings is 1. The Kier molecular flexibility index (Phi) is 6.34. The Bertz CT molecular complexity index is 1110. The molecule has 1 saturated carbocycles. The molecule has 0 radical (unpaired) electrons. The molecule has 0 spiro atoms. The molecule has 1 saturated heterocycles. The van der Waals surface area contributed by atoms with Crippen molar-refractivity contribution in [2.45, 2.75) is 24.9 Å². The second-order valence-electron chi connectivity index (χ2n) is 8.63. The molecule has 2 aromatic heterocycles. The fraction of sp³-hybridized carbons (Fsp3) is 0.500. The van der Waals surface area contributed by atoms with Crippen LogP contribution < -0.4 is 19.7 Å². The van der Waals surface area contributed by atoms with Crippen LogP contribution in [0.5, 0.6) is 11.5 Å². The Morgan fingerprint density at radius 1 is 1.18 bits per heavy atom. The van der Waals surface area contributed by atoms with Gasteiger partial charge in [0.1, 0.15) is 30.0 Å². The van der Waals surface area contributed by atoms with Crippen LogP contribution in [0.4, 0.5) is 5.82 Å². The number of hydrogen-bond donors (Lipinski definition) is 2. The van der Waals surface area contributed by atoms with Crippen molar-refractivity contribution in [3.63, 3.8) is 0 Å². The molecule has 5 rings (SSSR count). The van der Waals surface area contributed by atoms with Crippen molar-refractivity contribution in [1.82, 2.24) is 19.9 Å². The second-order valence-corrected chi connectivity index (χ2v) is 8.63. The normalized spacial score (nSPS) is 17.4. The summed E-state index contributed by atoms with van der Waals surface area (Å²) in [6.45, 7) is 3.66. The van der Waals surface area contributed by atoms with E-state index in [0.29, 0.717) is 37.2 Å². The first-order valence-electron chi connectivity index (χ1n) is 11.5. The summed E-state index contributed by atoms with van der Waals surface area (Å²) in [6, 6.07) is 7.85. The van der Waals surface area contributed by atoms with E-state index < -0.39 is 6.10 Å². The minimum Gasteiger partial charge on any atom is -0.497 e. The van der Waals surface area contributed by atoms with Gasteiger partial charge in [-0.25, -0.2) is 9.50 Å². The van der Waals surface area contributed by atoms with Gasteiger partial charge in [0.05, 0.1) is 32.2 Å². The maximum Gasteiger partial charge on any atom is 0.161 e. The average molecular weight is 454 g/mol. The highest BCUT2D eigenvalue weighted by molar-refractivity contribution is 5.71. The molecular weight excluding hydrogens is 422 g/mol. The maximum absolute atomic E-state index is 10.0. The molecule has 1 unspecified atom stereocenters. The largest absolute Gasteiger partial charge is 0.497 e. The number of fused-ring (bicyclic) bond motifs is 1. The molecule has 9 heteroatoms. The van der Waals surface area contributed by atoms with Gasteiger partial charge in [-0.05, 0) is 37.9 Å². The number of aliphatic hydroxyl groups excluding tert-OH is 1. The van der Waals surface area contributed by atoms with Crippen molar-refractivity contribution < 1.29 is 19.3 Å². The number of hydrogen-bond acceptors (Lipinski definition) is 8. The highest BCUT2D eigenvalue weighted by atomic mass is 16.5. The Balaban J connectivity index is 1.57. The molecule has 9 nitrogen and oxygen atoms in total. The number of nitrogens with zero attached hydrogens (tertiary/aromatic N) is 4. The van der Waals surface area contributed by atoms with Gasteiger partial charge >= 0.3 is 0 Å². The van der Waals surface area contributed by atoms with Crippen molar-refractivity contribution in [2.24, 2.45) is 0 Å². The maximum atomic E-state index is 10.0. The molecule has 176 valence electrons. The molecular formula is C24H31N5O4. The molecule has 33 heavy (non-hydrogen) atoms. The van der Waals surface area contributed by atoms with E-state index in [-0.39, 0.29) is 6.61 Å². The van der Waals surface area contributed by atoms with Gasteiger partial charge in [-0.15, -0.1) is 0 Å². The second kappa shape index (κ2) is 9.54. The van der Waals surface area contributed by atoms with E-state index in [2.05, 4.69) is 16.3 Å². The van der Waals surface area contributed by atoms with Gasteiger partial charge in [-0.2, -0.15) is 5.10 Å². The third-order valence-corrected chi connectivity index (χ3v) is 6.13. The highest BCUT2D eigenvalue weighted by Crippen LogP contribution is 2.42. The summed E-state index contributed by atoms with van der Waals surface area (Å²) in [4.78, 5) is 7.29.